The van der Waals surface area contributed by atoms with E-state index in [4.69, 9.17) is 19.3 Å². The first-order valence-corrected chi connectivity index (χ1v) is 6.16. The quantitative estimate of drug-likeness (QED) is 0.736. The van der Waals surface area contributed by atoms with Crippen molar-refractivity contribution in [3.8, 4) is 0 Å². The van der Waals surface area contributed by atoms with E-state index in [-0.39, 0.29) is 18.8 Å². The zero-order chi connectivity index (χ0) is 12.7. The third-order valence-electron chi connectivity index (χ3n) is 3.04. The molecule has 0 aromatic heterocycles. The molecular formula is C12H22O5. The Labute approximate surface area is 102 Å². The highest BCUT2D eigenvalue weighted by Gasteiger charge is 2.25. The fourth-order valence-corrected chi connectivity index (χ4v) is 2.08. The number of carboxylic acids is 1. The Morgan fingerprint density at radius 1 is 1.41 bits per heavy atom. The van der Waals surface area contributed by atoms with E-state index in [1.54, 1.807) is 14.0 Å². The second kappa shape index (κ2) is 7.63. The molecule has 0 aromatic carbocycles. The lowest BCUT2D eigenvalue weighted by Crippen LogP contribution is -2.34. The Morgan fingerprint density at radius 3 is 2.71 bits per heavy atom. The Balaban J connectivity index is 2.30. The molecule has 1 rings (SSSR count). The summed E-state index contributed by atoms with van der Waals surface area (Å²) < 4.78 is 16.0. The third-order valence-corrected chi connectivity index (χ3v) is 3.04. The Morgan fingerprint density at radius 2 is 2.12 bits per heavy atom. The normalized spacial score (nSPS) is 26.7. The summed E-state index contributed by atoms with van der Waals surface area (Å²) in [4.78, 5) is 10.9. The number of hydrogen-bond donors (Lipinski definition) is 1. The monoisotopic (exact) mass is 246 g/mol. The van der Waals surface area contributed by atoms with Gasteiger partial charge in [-0.05, 0) is 32.6 Å². The molecule has 0 bridgehead atoms. The van der Waals surface area contributed by atoms with E-state index in [2.05, 4.69) is 0 Å². The van der Waals surface area contributed by atoms with Crippen molar-refractivity contribution in [2.75, 3.05) is 20.3 Å². The molecule has 1 saturated carbocycles. The number of carboxylic acid groups (broad SMARTS) is 1. The molecule has 5 heteroatoms. The van der Waals surface area contributed by atoms with E-state index in [1.165, 1.54) is 0 Å². The van der Waals surface area contributed by atoms with Gasteiger partial charge in [-0.1, -0.05) is 0 Å². The van der Waals surface area contributed by atoms with Crippen LogP contribution in [-0.4, -0.2) is 49.7 Å². The highest BCUT2D eigenvalue weighted by molar-refractivity contribution is 5.72. The molecule has 5 nitrogen and oxygen atoms in total. The summed E-state index contributed by atoms with van der Waals surface area (Å²) in [6.45, 7) is 2.27. The van der Waals surface area contributed by atoms with Gasteiger partial charge in [-0.3, -0.25) is 0 Å². The molecule has 1 aliphatic rings. The van der Waals surface area contributed by atoms with E-state index < -0.39 is 12.1 Å². The molecule has 0 aromatic rings. The maximum Gasteiger partial charge on any atom is 0.335 e. The van der Waals surface area contributed by atoms with Gasteiger partial charge in [-0.15, -0.1) is 0 Å². The van der Waals surface area contributed by atoms with E-state index >= 15 is 0 Å². The number of aliphatic carboxylic acids is 1. The summed E-state index contributed by atoms with van der Waals surface area (Å²) in [5, 5.41) is 8.90. The molecule has 0 radical (unpaired) electrons. The molecule has 0 heterocycles. The molecule has 1 N–H and O–H groups in total. The van der Waals surface area contributed by atoms with Crippen molar-refractivity contribution in [2.24, 2.45) is 0 Å². The van der Waals surface area contributed by atoms with Gasteiger partial charge in [0.2, 0.25) is 0 Å². The van der Waals surface area contributed by atoms with Crippen LogP contribution < -0.4 is 0 Å². The Bertz CT molecular complexity index is 231. The molecule has 0 amide bonds. The van der Waals surface area contributed by atoms with Crippen molar-refractivity contribution in [3.63, 3.8) is 0 Å². The maximum absolute atomic E-state index is 10.9. The van der Waals surface area contributed by atoms with Crippen LogP contribution in [0.4, 0.5) is 0 Å². The van der Waals surface area contributed by atoms with Crippen molar-refractivity contribution in [2.45, 2.75) is 50.9 Å². The van der Waals surface area contributed by atoms with Gasteiger partial charge in [0.05, 0.1) is 18.8 Å². The molecular weight excluding hydrogens is 224 g/mol. The van der Waals surface area contributed by atoms with Crippen molar-refractivity contribution >= 4 is 5.97 Å². The second-order valence-electron chi connectivity index (χ2n) is 4.26. The highest BCUT2D eigenvalue weighted by atomic mass is 16.6. The van der Waals surface area contributed by atoms with Crippen LogP contribution in [0.5, 0.6) is 0 Å². The molecule has 3 atom stereocenters. The van der Waals surface area contributed by atoms with Crippen LogP contribution in [0.1, 0.15) is 32.6 Å². The van der Waals surface area contributed by atoms with Gasteiger partial charge in [-0.25, -0.2) is 4.79 Å². The van der Waals surface area contributed by atoms with Crippen LogP contribution in [-0.2, 0) is 19.0 Å². The minimum atomic E-state index is -0.967. The predicted octanol–water partition coefficient (Wildman–Crippen LogP) is 1.45. The summed E-state index contributed by atoms with van der Waals surface area (Å²) >= 11 is 0. The predicted molar refractivity (Wildman–Crippen MR) is 62.1 cm³/mol. The summed E-state index contributed by atoms with van der Waals surface area (Å²) in [6, 6.07) is 0. The molecule has 0 saturated heterocycles. The van der Waals surface area contributed by atoms with Crippen LogP contribution in [0, 0.1) is 0 Å². The van der Waals surface area contributed by atoms with Gasteiger partial charge in [0.1, 0.15) is 0 Å². The highest BCUT2D eigenvalue weighted by Crippen LogP contribution is 2.23. The first kappa shape index (κ1) is 14.4. The van der Waals surface area contributed by atoms with Crippen LogP contribution in [0.2, 0.25) is 0 Å². The average molecular weight is 246 g/mol. The first-order chi connectivity index (χ1) is 8.17. The fourth-order valence-electron chi connectivity index (χ4n) is 2.08. The van der Waals surface area contributed by atoms with Crippen LogP contribution >= 0.6 is 0 Å². The lowest BCUT2D eigenvalue weighted by atomic mass is 9.95. The van der Waals surface area contributed by atoms with Crippen molar-refractivity contribution < 1.29 is 24.1 Å². The van der Waals surface area contributed by atoms with Gasteiger partial charge >= 0.3 is 5.97 Å². The van der Waals surface area contributed by atoms with Crippen molar-refractivity contribution in [1.82, 2.24) is 0 Å². The fraction of sp³-hybridized carbons (Fsp3) is 0.917. The summed E-state index contributed by atoms with van der Waals surface area (Å²) in [6.07, 6.45) is 3.41. The molecule has 0 aliphatic heterocycles. The van der Waals surface area contributed by atoms with Crippen molar-refractivity contribution in [1.29, 1.82) is 0 Å². The van der Waals surface area contributed by atoms with Crippen LogP contribution in [0.15, 0.2) is 0 Å². The Hall–Kier alpha value is -0.650. The van der Waals surface area contributed by atoms with E-state index in [0.717, 1.165) is 25.7 Å². The third kappa shape index (κ3) is 5.02. The van der Waals surface area contributed by atoms with Crippen LogP contribution in [0.25, 0.3) is 0 Å². The summed E-state index contributed by atoms with van der Waals surface area (Å²) in [5.41, 5.74) is 0. The van der Waals surface area contributed by atoms with Gasteiger partial charge in [0, 0.05) is 13.7 Å². The maximum atomic E-state index is 10.9. The van der Waals surface area contributed by atoms with Gasteiger partial charge < -0.3 is 19.3 Å². The lowest BCUT2D eigenvalue weighted by Gasteiger charge is -2.28. The summed E-state index contributed by atoms with van der Waals surface area (Å²) in [5.74, 6) is -0.967. The molecule has 1 aliphatic carbocycles. The molecule has 17 heavy (non-hydrogen) atoms. The second-order valence-corrected chi connectivity index (χ2v) is 4.26. The number of carbonyl (C=O) groups is 1. The van der Waals surface area contributed by atoms with Gasteiger partial charge in [0.15, 0.2) is 6.10 Å². The number of ether oxygens (including phenoxy) is 3. The zero-order valence-corrected chi connectivity index (χ0v) is 10.6. The molecule has 1 fully saturated rings. The van der Waals surface area contributed by atoms with Gasteiger partial charge in [0.25, 0.3) is 0 Å². The lowest BCUT2D eigenvalue weighted by molar-refractivity contribution is -0.157. The number of methoxy groups -OCH3 is 1. The standard InChI is InChI=1S/C12H22O5/c1-3-16-11(12(13)14)8-17-10-6-4-5-9(7-10)15-2/h9-11H,3-8H2,1-2H3,(H,13,14). The topological polar surface area (TPSA) is 65.0 Å². The minimum absolute atomic E-state index is 0.0935. The van der Waals surface area contributed by atoms with Crippen LogP contribution in [0.3, 0.4) is 0 Å². The molecule has 3 unspecified atom stereocenters. The average Bonchev–Trinajstić information content (AvgIpc) is 2.34. The van der Waals surface area contributed by atoms with Gasteiger partial charge in [-0.2, -0.15) is 0 Å². The van der Waals surface area contributed by atoms with Crippen molar-refractivity contribution in [3.05, 3.63) is 0 Å². The van der Waals surface area contributed by atoms with E-state index in [1.807, 2.05) is 0 Å². The number of hydrogen-bond acceptors (Lipinski definition) is 4. The smallest absolute Gasteiger partial charge is 0.335 e. The SMILES string of the molecule is CCOC(COC1CCCC(OC)C1)C(=O)O. The zero-order valence-electron chi connectivity index (χ0n) is 10.6. The largest absolute Gasteiger partial charge is 0.479 e. The summed E-state index contributed by atoms with van der Waals surface area (Å²) in [7, 11) is 1.70. The Kier molecular flexibility index (Phi) is 6.47. The first-order valence-electron chi connectivity index (χ1n) is 6.16. The van der Waals surface area contributed by atoms with E-state index in [9.17, 15) is 4.79 Å². The van der Waals surface area contributed by atoms with E-state index in [0.29, 0.717) is 6.61 Å². The minimum Gasteiger partial charge on any atom is -0.479 e. The number of rotatable bonds is 7. The molecule has 100 valence electrons. The molecule has 0 spiro atoms.